The van der Waals surface area contributed by atoms with Crippen LogP contribution in [0.3, 0.4) is 0 Å². The Morgan fingerprint density at radius 2 is 2.43 bits per heavy atom. The minimum atomic E-state index is 0.283. The normalized spacial score (nSPS) is 32.3. The van der Waals surface area contributed by atoms with Gasteiger partial charge in [-0.3, -0.25) is 4.90 Å². The lowest BCUT2D eigenvalue weighted by Crippen LogP contribution is -2.45. The van der Waals surface area contributed by atoms with Crippen molar-refractivity contribution in [2.75, 3.05) is 32.8 Å². The summed E-state index contributed by atoms with van der Waals surface area (Å²) in [6.07, 6.45) is 3.63. The minimum Gasteiger partial charge on any atom is -0.379 e. The second-order valence-electron chi connectivity index (χ2n) is 4.07. The van der Waals surface area contributed by atoms with Crippen molar-refractivity contribution >= 4 is 0 Å². The van der Waals surface area contributed by atoms with Crippen molar-refractivity contribution in [3.05, 3.63) is 10.4 Å². The Balaban J connectivity index is 1.92. The van der Waals surface area contributed by atoms with Gasteiger partial charge in [-0.1, -0.05) is 5.11 Å². The molecule has 2 aliphatic rings. The van der Waals surface area contributed by atoms with E-state index >= 15 is 0 Å². The van der Waals surface area contributed by atoms with E-state index in [4.69, 9.17) is 10.3 Å². The van der Waals surface area contributed by atoms with Crippen LogP contribution < -0.4 is 0 Å². The molecule has 0 bridgehead atoms. The lowest BCUT2D eigenvalue weighted by molar-refractivity contribution is 0.104. The fraction of sp³-hybridized carbons (Fsp3) is 1.00. The van der Waals surface area contributed by atoms with Crippen LogP contribution in [0, 0.1) is 0 Å². The predicted molar refractivity (Wildman–Crippen MR) is 53.0 cm³/mol. The smallest absolute Gasteiger partial charge is 0.0651 e. The summed E-state index contributed by atoms with van der Waals surface area (Å²) in [5, 5.41) is 3.59. The van der Waals surface area contributed by atoms with E-state index < -0.39 is 0 Å². The molecule has 2 rings (SSSR count). The van der Waals surface area contributed by atoms with Crippen molar-refractivity contribution in [2.24, 2.45) is 5.11 Å². The van der Waals surface area contributed by atoms with Gasteiger partial charge in [0.2, 0.25) is 0 Å². The second kappa shape index (κ2) is 4.17. The molecule has 2 aliphatic heterocycles. The molecule has 0 aliphatic carbocycles. The molecule has 1 atom stereocenters. The number of azide groups is 1. The number of hydrogen-bond donors (Lipinski definition) is 0. The molecule has 2 saturated heterocycles. The average Bonchev–Trinajstić information content (AvgIpc) is 2.80. The molecule has 5 heteroatoms. The van der Waals surface area contributed by atoms with Crippen LogP contribution in [-0.4, -0.2) is 43.3 Å². The third-order valence-electron chi connectivity index (χ3n) is 3.36. The molecule has 0 radical (unpaired) electrons. The number of likely N-dealkylation sites (tertiary alicyclic amines) is 1. The molecule has 5 nitrogen and oxygen atoms in total. The maximum Gasteiger partial charge on any atom is 0.0651 e. The highest BCUT2D eigenvalue weighted by atomic mass is 16.5. The van der Waals surface area contributed by atoms with E-state index in [1.54, 1.807) is 0 Å². The Morgan fingerprint density at radius 1 is 1.50 bits per heavy atom. The third kappa shape index (κ3) is 1.71. The fourth-order valence-electron chi connectivity index (χ4n) is 2.60. The monoisotopic (exact) mass is 196 g/mol. The molecule has 2 heterocycles. The topological polar surface area (TPSA) is 61.2 Å². The van der Waals surface area contributed by atoms with Crippen LogP contribution in [-0.2, 0) is 4.74 Å². The van der Waals surface area contributed by atoms with Crippen LogP contribution in [0.15, 0.2) is 5.11 Å². The summed E-state index contributed by atoms with van der Waals surface area (Å²) in [5.41, 5.74) is 8.49. The van der Waals surface area contributed by atoms with Crippen LogP contribution >= 0.6 is 0 Å². The molecule has 1 spiro atoms. The molecule has 0 aromatic heterocycles. The lowest BCUT2D eigenvalue weighted by atomic mass is 9.95. The second-order valence-corrected chi connectivity index (χ2v) is 4.07. The standard InChI is InChI=1S/C9H16N4O/c10-12-11-4-6-13-5-1-2-9(13)3-7-14-8-9/h1-8H2. The first-order valence-electron chi connectivity index (χ1n) is 5.21. The van der Waals surface area contributed by atoms with Crippen molar-refractivity contribution in [3.63, 3.8) is 0 Å². The van der Waals surface area contributed by atoms with Crippen LogP contribution in [0.2, 0.25) is 0 Å². The number of ether oxygens (including phenoxy) is 1. The Labute approximate surface area is 83.7 Å². The molecule has 14 heavy (non-hydrogen) atoms. The van der Waals surface area contributed by atoms with Gasteiger partial charge in [-0.25, -0.2) is 0 Å². The SMILES string of the molecule is [N-]=[N+]=NCCN1CCCC12CCOC2. The maximum absolute atomic E-state index is 8.21. The van der Waals surface area contributed by atoms with Crippen LogP contribution in [0.25, 0.3) is 10.4 Å². The van der Waals surface area contributed by atoms with Gasteiger partial charge in [0, 0.05) is 30.1 Å². The molecular formula is C9H16N4O. The first kappa shape index (κ1) is 9.77. The third-order valence-corrected chi connectivity index (χ3v) is 3.36. The van der Waals surface area contributed by atoms with Gasteiger partial charge in [-0.05, 0) is 31.3 Å². The van der Waals surface area contributed by atoms with Gasteiger partial charge >= 0.3 is 0 Å². The average molecular weight is 196 g/mol. The molecule has 78 valence electrons. The zero-order chi connectivity index (χ0) is 9.86. The van der Waals surface area contributed by atoms with E-state index in [0.29, 0.717) is 6.54 Å². The summed E-state index contributed by atoms with van der Waals surface area (Å²) in [7, 11) is 0. The van der Waals surface area contributed by atoms with Crippen molar-refractivity contribution < 1.29 is 4.74 Å². The highest BCUT2D eigenvalue weighted by Gasteiger charge is 2.43. The van der Waals surface area contributed by atoms with Gasteiger partial charge in [0.05, 0.1) is 6.61 Å². The molecule has 0 aromatic carbocycles. The predicted octanol–water partition coefficient (Wildman–Crippen LogP) is 1.55. The quantitative estimate of drug-likeness (QED) is 0.390. The van der Waals surface area contributed by atoms with Crippen molar-refractivity contribution in [1.82, 2.24) is 4.90 Å². The Hall–Kier alpha value is -0.770. The molecule has 0 saturated carbocycles. The minimum absolute atomic E-state index is 0.283. The molecule has 2 fully saturated rings. The Morgan fingerprint density at radius 3 is 3.14 bits per heavy atom. The highest BCUT2D eigenvalue weighted by Crippen LogP contribution is 2.35. The van der Waals surface area contributed by atoms with E-state index in [2.05, 4.69) is 14.9 Å². The maximum atomic E-state index is 8.21. The fourth-order valence-corrected chi connectivity index (χ4v) is 2.60. The van der Waals surface area contributed by atoms with E-state index in [1.165, 1.54) is 12.8 Å². The number of rotatable bonds is 3. The number of nitrogens with zero attached hydrogens (tertiary/aromatic N) is 4. The largest absolute Gasteiger partial charge is 0.379 e. The van der Waals surface area contributed by atoms with Crippen LogP contribution in [0.1, 0.15) is 19.3 Å². The van der Waals surface area contributed by atoms with Crippen LogP contribution in [0.5, 0.6) is 0 Å². The summed E-state index contributed by atoms with van der Waals surface area (Å²) < 4.78 is 5.47. The molecule has 0 N–H and O–H groups in total. The highest BCUT2D eigenvalue weighted by molar-refractivity contribution is 4.98. The molecular weight excluding hydrogens is 180 g/mol. The van der Waals surface area contributed by atoms with Crippen molar-refractivity contribution in [3.8, 4) is 0 Å². The molecule has 1 unspecified atom stereocenters. The molecule has 0 amide bonds. The zero-order valence-corrected chi connectivity index (χ0v) is 8.35. The Bertz CT molecular complexity index is 238. The molecule has 0 aromatic rings. The van der Waals surface area contributed by atoms with Gasteiger partial charge in [0.15, 0.2) is 0 Å². The van der Waals surface area contributed by atoms with E-state index in [-0.39, 0.29) is 5.54 Å². The van der Waals surface area contributed by atoms with Gasteiger partial charge in [-0.2, -0.15) is 0 Å². The summed E-state index contributed by atoms with van der Waals surface area (Å²) in [5.74, 6) is 0. The summed E-state index contributed by atoms with van der Waals surface area (Å²) in [6, 6.07) is 0. The van der Waals surface area contributed by atoms with Gasteiger partial charge < -0.3 is 4.74 Å². The zero-order valence-electron chi connectivity index (χ0n) is 8.35. The van der Waals surface area contributed by atoms with Crippen LogP contribution in [0.4, 0.5) is 0 Å². The van der Waals surface area contributed by atoms with Gasteiger partial charge in [0.25, 0.3) is 0 Å². The van der Waals surface area contributed by atoms with E-state index in [0.717, 1.165) is 32.7 Å². The first-order chi connectivity index (χ1) is 6.87. The summed E-state index contributed by atoms with van der Waals surface area (Å²) >= 11 is 0. The van der Waals surface area contributed by atoms with Gasteiger partial charge in [0.1, 0.15) is 0 Å². The lowest BCUT2D eigenvalue weighted by Gasteiger charge is -2.33. The van der Waals surface area contributed by atoms with E-state index in [1.807, 2.05) is 0 Å². The van der Waals surface area contributed by atoms with E-state index in [9.17, 15) is 0 Å². The summed E-state index contributed by atoms with van der Waals surface area (Å²) in [6.45, 7) is 4.34. The Kier molecular flexibility index (Phi) is 2.91. The first-order valence-corrected chi connectivity index (χ1v) is 5.21. The summed E-state index contributed by atoms with van der Waals surface area (Å²) in [4.78, 5) is 5.22. The van der Waals surface area contributed by atoms with Crippen molar-refractivity contribution in [1.29, 1.82) is 0 Å². The number of hydrogen-bond acceptors (Lipinski definition) is 3. The van der Waals surface area contributed by atoms with Crippen molar-refractivity contribution in [2.45, 2.75) is 24.8 Å². The van der Waals surface area contributed by atoms with Gasteiger partial charge in [-0.15, -0.1) is 0 Å².